The molecule has 0 aromatic heterocycles. The molecule has 188 valence electrons. The molecule has 1 unspecified atom stereocenters. The Morgan fingerprint density at radius 1 is 0.763 bits per heavy atom. The van der Waals surface area contributed by atoms with Gasteiger partial charge < -0.3 is 14.4 Å². The Labute approximate surface area is 220 Å². The lowest BCUT2D eigenvalue weighted by Crippen LogP contribution is -2.25. The maximum Gasteiger partial charge on any atom is 0.378 e. The average Bonchev–Trinajstić information content (AvgIpc) is 2.94. The molecule has 0 amide bonds. The quantitative estimate of drug-likeness (QED) is 0.161. The minimum atomic E-state index is -4.29. The van der Waals surface area contributed by atoms with Crippen molar-refractivity contribution < 1.29 is 22.8 Å². The Morgan fingerprint density at radius 2 is 1.37 bits per heavy atom. The monoisotopic (exact) mass is 522 g/mol. The van der Waals surface area contributed by atoms with E-state index in [1.807, 2.05) is 42.5 Å². The first-order chi connectivity index (χ1) is 18.2. The number of nitrogens with zero attached hydrogens (tertiary/aromatic N) is 2. The molecular formula is C30H22N2O5S. The second kappa shape index (κ2) is 9.54. The summed E-state index contributed by atoms with van der Waals surface area (Å²) in [5.41, 5.74) is 2.08. The van der Waals surface area contributed by atoms with Gasteiger partial charge in [-0.2, -0.15) is 8.42 Å². The van der Waals surface area contributed by atoms with Crippen molar-refractivity contribution in [2.24, 2.45) is 0 Å². The topological polar surface area (TPSA) is 115 Å². The average molecular weight is 523 g/mol. The molecule has 38 heavy (non-hydrogen) atoms. The van der Waals surface area contributed by atoms with Crippen molar-refractivity contribution in [3.05, 3.63) is 131 Å². The largest absolute Gasteiger partial charge is 0.867 e. The summed E-state index contributed by atoms with van der Waals surface area (Å²) >= 11 is 0. The number of hydrogen-bond acceptors (Lipinski definition) is 6. The third-order valence-electron chi connectivity index (χ3n) is 6.76. The van der Waals surface area contributed by atoms with Crippen LogP contribution in [0.25, 0.3) is 15.7 Å². The SMILES string of the molecule is CC(c1ccccc1)(c1ccc(O)cc1)c1ccc(OS(=O)(=O)c2cccc3c([O-])c([N+]#N)ccc23)cc1. The zero-order chi connectivity index (χ0) is 26.9. The number of diazo groups is 1. The van der Waals surface area contributed by atoms with Gasteiger partial charge in [0.25, 0.3) is 0 Å². The van der Waals surface area contributed by atoms with Crippen LogP contribution in [0.5, 0.6) is 17.2 Å². The van der Waals surface area contributed by atoms with E-state index in [0.29, 0.717) is 0 Å². The van der Waals surface area contributed by atoms with E-state index in [4.69, 9.17) is 9.58 Å². The van der Waals surface area contributed by atoms with Gasteiger partial charge in [-0.3, -0.25) is 0 Å². The number of phenolic OH excluding ortho intramolecular Hbond substituents is 1. The minimum Gasteiger partial charge on any atom is -0.867 e. The molecule has 0 heterocycles. The summed E-state index contributed by atoms with van der Waals surface area (Å²) in [5, 5.41) is 31.6. The first-order valence-corrected chi connectivity index (χ1v) is 13.1. The Morgan fingerprint density at radius 3 is 2.00 bits per heavy atom. The van der Waals surface area contributed by atoms with Gasteiger partial charge in [0.05, 0.1) is 0 Å². The van der Waals surface area contributed by atoms with E-state index < -0.39 is 21.3 Å². The summed E-state index contributed by atoms with van der Waals surface area (Å²) < 4.78 is 31.9. The van der Waals surface area contributed by atoms with E-state index in [1.54, 1.807) is 36.4 Å². The molecule has 1 N–H and O–H groups in total. The third-order valence-corrected chi connectivity index (χ3v) is 8.07. The zero-order valence-corrected chi connectivity index (χ0v) is 21.1. The summed E-state index contributed by atoms with van der Waals surface area (Å²) in [5.74, 6) is -0.311. The molecule has 0 aliphatic carbocycles. The van der Waals surface area contributed by atoms with Crippen molar-refractivity contribution in [1.29, 1.82) is 5.39 Å². The Kier molecular flexibility index (Phi) is 6.23. The van der Waals surface area contributed by atoms with Crippen LogP contribution in [0.3, 0.4) is 0 Å². The molecule has 0 fully saturated rings. The molecule has 1 atom stereocenters. The van der Waals surface area contributed by atoms with Crippen molar-refractivity contribution >= 4 is 26.6 Å². The summed E-state index contributed by atoms with van der Waals surface area (Å²) in [4.78, 5) is 2.78. The zero-order valence-electron chi connectivity index (χ0n) is 20.3. The van der Waals surface area contributed by atoms with Crippen LogP contribution in [0.2, 0.25) is 0 Å². The highest BCUT2D eigenvalue weighted by atomic mass is 32.2. The van der Waals surface area contributed by atoms with Gasteiger partial charge >= 0.3 is 15.8 Å². The molecule has 0 spiro atoms. The summed E-state index contributed by atoms with van der Waals surface area (Å²) in [6.07, 6.45) is 0. The molecule has 8 heteroatoms. The lowest BCUT2D eigenvalue weighted by molar-refractivity contribution is -0.264. The van der Waals surface area contributed by atoms with Gasteiger partial charge in [0.15, 0.2) is 4.98 Å². The number of rotatable bonds is 6. The fourth-order valence-corrected chi connectivity index (χ4v) is 5.82. The predicted octanol–water partition coefficient (Wildman–Crippen LogP) is 6.23. The lowest BCUT2D eigenvalue weighted by atomic mass is 9.71. The number of phenols is 1. The van der Waals surface area contributed by atoms with Crippen LogP contribution < -0.4 is 9.29 Å². The number of fused-ring (bicyclic) bond motifs is 1. The molecule has 0 saturated carbocycles. The van der Waals surface area contributed by atoms with Gasteiger partial charge in [-0.25, -0.2) is 0 Å². The molecule has 5 rings (SSSR count). The molecule has 5 aromatic carbocycles. The highest BCUT2D eigenvalue weighted by Crippen LogP contribution is 2.40. The standard InChI is InChI=1S/C30H22N2O5S/c1-30(20-6-3-2-4-7-20,21-10-14-23(33)15-11-21)22-12-16-24(17-13-22)37-38(35,36)28-9-5-8-26-25(28)18-19-27(32-31)29(26)34/h2-19H,1H3,(H-,33,34). The van der Waals surface area contributed by atoms with E-state index >= 15 is 0 Å². The van der Waals surface area contributed by atoms with Gasteiger partial charge in [0.1, 0.15) is 16.4 Å². The van der Waals surface area contributed by atoms with Gasteiger partial charge in [0.2, 0.25) is 5.39 Å². The van der Waals surface area contributed by atoms with Crippen molar-refractivity contribution in [3.8, 4) is 17.2 Å². The molecule has 7 nitrogen and oxygen atoms in total. The Bertz CT molecular complexity index is 1780. The maximum absolute atomic E-state index is 13.2. The number of hydrogen-bond donors (Lipinski definition) is 1. The highest BCUT2D eigenvalue weighted by molar-refractivity contribution is 7.87. The maximum atomic E-state index is 13.2. The van der Waals surface area contributed by atoms with Crippen LogP contribution in [0.1, 0.15) is 23.6 Å². The minimum absolute atomic E-state index is 0.104. The lowest BCUT2D eigenvalue weighted by Gasteiger charge is -2.32. The molecule has 0 aliphatic heterocycles. The first-order valence-electron chi connectivity index (χ1n) is 11.7. The summed E-state index contributed by atoms with van der Waals surface area (Å²) in [6, 6.07) is 30.6. The smallest absolute Gasteiger partial charge is 0.378 e. The van der Waals surface area contributed by atoms with Crippen LogP contribution in [0.4, 0.5) is 5.69 Å². The number of benzene rings is 5. The van der Waals surface area contributed by atoms with Crippen molar-refractivity contribution in [3.63, 3.8) is 0 Å². The van der Waals surface area contributed by atoms with E-state index in [1.165, 1.54) is 30.3 Å². The first kappa shape index (κ1) is 24.8. The van der Waals surface area contributed by atoms with Crippen LogP contribution in [-0.4, -0.2) is 13.5 Å². The number of aromatic hydroxyl groups is 1. The van der Waals surface area contributed by atoms with Gasteiger partial charge in [-0.15, -0.1) is 0 Å². The molecule has 0 bridgehead atoms. The van der Waals surface area contributed by atoms with Crippen LogP contribution >= 0.6 is 0 Å². The van der Waals surface area contributed by atoms with Crippen molar-refractivity contribution in [1.82, 2.24) is 0 Å². The fraction of sp³-hybridized carbons (Fsp3) is 0.0667. The second-order valence-corrected chi connectivity index (χ2v) is 10.5. The van der Waals surface area contributed by atoms with Crippen molar-refractivity contribution in [2.45, 2.75) is 17.2 Å². The van der Waals surface area contributed by atoms with E-state index in [9.17, 15) is 18.6 Å². The third kappa shape index (κ3) is 4.29. The summed E-state index contributed by atoms with van der Waals surface area (Å²) in [6.45, 7) is 2.06. The van der Waals surface area contributed by atoms with Gasteiger partial charge in [-0.05, 0) is 71.1 Å². The predicted molar refractivity (Wildman–Crippen MR) is 142 cm³/mol. The normalized spacial score (nSPS) is 12.9. The van der Waals surface area contributed by atoms with Gasteiger partial charge in [0, 0.05) is 16.9 Å². The second-order valence-electron chi connectivity index (χ2n) is 8.96. The Hall–Kier alpha value is -4.87. The fourth-order valence-electron chi connectivity index (χ4n) is 4.67. The van der Waals surface area contributed by atoms with Crippen LogP contribution in [-0.2, 0) is 15.5 Å². The van der Waals surface area contributed by atoms with Crippen LogP contribution in [0.15, 0.2) is 114 Å². The van der Waals surface area contributed by atoms with Crippen molar-refractivity contribution in [2.75, 3.05) is 0 Å². The highest BCUT2D eigenvalue weighted by Gasteiger charge is 2.31. The molecular weight excluding hydrogens is 500 g/mol. The van der Waals surface area contributed by atoms with E-state index in [2.05, 4.69) is 11.9 Å². The molecule has 5 aromatic rings. The molecule has 0 aliphatic rings. The van der Waals surface area contributed by atoms with Gasteiger partial charge in [-0.1, -0.05) is 66.7 Å². The van der Waals surface area contributed by atoms with E-state index in [0.717, 1.165) is 16.7 Å². The molecule has 0 radical (unpaired) electrons. The molecule has 0 saturated heterocycles. The Balaban J connectivity index is 1.52. The van der Waals surface area contributed by atoms with E-state index in [-0.39, 0.29) is 32.9 Å². The van der Waals surface area contributed by atoms with Crippen LogP contribution in [0, 0.1) is 5.39 Å². The summed E-state index contributed by atoms with van der Waals surface area (Å²) in [7, 11) is -4.29.